The summed E-state index contributed by atoms with van der Waals surface area (Å²) in [7, 11) is -3.37. The van der Waals surface area contributed by atoms with Crippen molar-refractivity contribution in [1.82, 2.24) is 19.0 Å². The Morgan fingerprint density at radius 2 is 1.91 bits per heavy atom. The maximum Gasteiger partial charge on any atom is 0.252 e. The largest absolute Gasteiger partial charge is 0.282 e. The first-order chi connectivity index (χ1) is 10.4. The van der Waals surface area contributed by atoms with Crippen molar-refractivity contribution >= 4 is 53.2 Å². The molecule has 1 saturated heterocycles. The van der Waals surface area contributed by atoms with Crippen molar-refractivity contribution in [2.24, 2.45) is 0 Å². The highest BCUT2D eigenvalue weighted by Gasteiger charge is 2.29. The molecule has 120 valence electrons. The highest BCUT2D eigenvalue weighted by atomic mass is 79.9. The third kappa shape index (κ3) is 3.62. The summed E-state index contributed by atoms with van der Waals surface area (Å²) in [5, 5.41) is 4.22. The molecule has 2 aromatic rings. The second-order valence-corrected chi connectivity index (χ2v) is 10.5. The molecule has 0 bridgehead atoms. The number of thiophene rings is 1. The minimum Gasteiger partial charge on any atom is -0.282 e. The van der Waals surface area contributed by atoms with E-state index in [4.69, 9.17) is 0 Å². The van der Waals surface area contributed by atoms with E-state index in [9.17, 15) is 8.42 Å². The number of nitrogens with zero attached hydrogens (tertiary/aromatic N) is 4. The second-order valence-electron chi connectivity index (χ2n) is 4.92. The van der Waals surface area contributed by atoms with Crippen LogP contribution in [-0.4, -0.2) is 53.6 Å². The van der Waals surface area contributed by atoms with Gasteiger partial charge in [0.15, 0.2) is 0 Å². The van der Waals surface area contributed by atoms with E-state index in [0.29, 0.717) is 37.1 Å². The predicted molar refractivity (Wildman–Crippen MR) is 92.3 cm³/mol. The first-order valence-corrected chi connectivity index (χ1v) is 10.5. The van der Waals surface area contributed by atoms with Gasteiger partial charge in [-0.25, -0.2) is 8.42 Å². The molecule has 3 heterocycles. The molecule has 0 aliphatic carbocycles. The van der Waals surface area contributed by atoms with Crippen molar-refractivity contribution in [3.05, 3.63) is 32.8 Å². The van der Waals surface area contributed by atoms with Crippen LogP contribution >= 0.6 is 43.2 Å². The fourth-order valence-electron chi connectivity index (χ4n) is 2.30. The van der Waals surface area contributed by atoms with E-state index in [1.165, 1.54) is 11.3 Å². The van der Waals surface area contributed by atoms with Gasteiger partial charge in [-0.2, -0.15) is 9.40 Å². The highest BCUT2D eigenvalue weighted by Crippen LogP contribution is 2.28. The van der Waals surface area contributed by atoms with E-state index in [0.717, 1.165) is 8.26 Å². The molecule has 0 saturated carbocycles. The van der Waals surface area contributed by atoms with Crippen LogP contribution in [0.5, 0.6) is 0 Å². The number of sulfonamides is 1. The SMILES string of the molecule is O=S(=O)(c1ccc(Br)s1)N1CCN(Cn2cc(Br)cn2)CC1. The number of rotatable bonds is 4. The zero-order chi connectivity index (χ0) is 15.7. The van der Waals surface area contributed by atoms with Gasteiger partial charge in [-0.05, 0) is 44.0 Å². The van der Waals surface area contributed by atoms with Crippen molar-refractivity contribution in [2.45, 2.75) is 10.9 Å². The van der Waals surface area contributed by atoms with Gasteiger partial charge in [-0.3, -0.25) is 9.58 Å². The molecule has 0 unspecified atom stereocenters. The summed E-state index contributed by atoms with van der Waals surface area (Å²) < 4.78 is 30.6. The lowest BCUT2D eigenvalue weighted by atomic mass is 10.4. The van der Waals surface area contributed by atoms with E-state index >= 15 is 0 Å². The molecule has 3 rings (SSSR count). The lowest BCUT2D eigenvalue weighted by molar-refractivity contribution is 0.146. The van der Waals surface area contributed by atoms with Gasteiger partial charge in [0.2, 0.25) is 0 Å². The summed E-state index contributed by atoms with van der Waals surface area (Å²) in [4.78, 5) is 2.19. The average Bonchev–Trinajstić information content (AvgIpc) is 3.09. The van der Waals surface area contributed by atoms with E-state index in [-0.39, 0.29) is 0 Å². The van der Waals surface area contributed by atoms with Crippen LogP contribution in [0.3, 0.4) is 0 Å². The van der Waals surface area contributed by atoms with E-state index in [1.54, 1.807) is 22.6 Å². The maximum absolute atomic E-state index is 12.5. The van der Waals surface area contributed by atoms with Crippen molar-refractivity contribution in [2.75, 3.05) is 26.2 Å². The quantitative estimate of drug-likeness (QED) is 0.689. The molecule has 10 heteroatoms. The summed E-state index contributed by atoms with van der Waals surface area (Å²) >= 11 is 7.93. The Kier molecular flexibility index (Phi) is 5.05. The fourth-order valence-corrected chi connectivity index (χ4v) is 6.21. The maximum atomic E-state index is 12.5. The molecule has 1 fully saturated rings. The molecule has 1 aliphatic heterocycles. The van der Waals surface area contributed by atoms with Crippen molar-refractivity contribution in [3.8, 4) is 0 Å². The van der Waals surface area contributed by atoms with Crippen LogP contribution in [0.4, 0.5) is 0 Å². The lowest BCUT2D eigenvalue weighted by Gasteiger charge is -2.33. The number of aromatic nitrogens is 2. The Morgan fingerprint density at radius 1 is 1.18 bits per heavy atom. The first kappa shape index (κ1) is 16.6. The first-order valence-electron chi connectivity index (χ1n) is 6.61. The van der Waals surface area contributed by atoms with Gasteiger partial charge in [-0.15, -0.1) is 11.3 Å². The number of hydrogen-bond acceptors (Lipinski definition) is 5. The summed E-state index contributed by atoms with van der Waals surface area (Å²) in [6.45, 7) is 3.07. The number of halogens is 2. The molecule has 22 heavy (non-hydrogen) atoms. The van der Waals surface area contributed by atoms with Gasteiger partial charge >= 0.3 is 0 Å². The topological polar surface area (TPSA) is 58.4 Å². The predicted octanol–water partition coefficient (Wildman–Crippen LogP) is 2.43. The molecule has 1 aliphatic rings. The van der Waals surface area contributed by atoms with E-state index in [1.807, 2.05) is 10.9 Å². The molecular formula is C12H14Br2N4O2S2. The van der Waals surface area contributed by atoms with E-state index < -0.39 is 10.0 Å². The van der Waals surface area contributed by atoms with Crippen LogP contribution in [0.2, 0.25) is 0 Å². The molecule has 0 atom stereocenters. The highest BCUT2D eigenvalue weighted by molar-refractivity contribution is 9.11. The monoisotopic (exact) mass is 468 g/mol. The van der Waals surface area contributed by atoms with Gasteiger partial charge < -0.3 is 0 Å². The Hall–Kier alpha value is -0.260. The molecular weight excluding hydrogens is 456 g/mol. The Labute approximate surface area is 150 Å². The van der Waals surface area contributed by atoms with Crippen LogP contribution in [-0.2, 0) is 16.7 Å². The minimum absolute atomic E-state index is 0.392. The van der Waals surface area contributed by atoms with Gasteiger partial charge in [-0.1, -0.05) is 0 Å². The third-order valence-corrected chi connectivity index (χ3v) is 7.82. The van der Waals surface area contributed by atoms with E-state index in [2.05, 4.69) is 41.9 Å². The Morgan fingerprint density at radius 3 is 2.45 bits per heavy atom. The van der Waals surface area contributed by atoms with Crippen molar-refractivity contribution in [3.63, 3.8) is 0 Å². The molecule has 2 aromatic heterocycles. The normalized spacial score (nSPS) is 17.9. The number of piperazine rings is 1. The standard InChI is InChI=1S/C12H14Br2N4O2S2/c13-10-7-15-17(8-10)9-16-3-5-18(6-4-16)22(19,20)12-2-1-11(14)21-12/h1-2,7-8H,3-6,9H2. The smallest absolute Gasteiger partial charge is 0.252 e. The minimum atomic E-state index is -3.37. The summed E-state index contributed by atoms with van der Waals surface area (Å²) in [5.41, 5.74) is 0. The summed E-state index contributed by atoms with van der Waals surface area (Å²) in [6, 6.07) is 3.42. The van der Waals surface area contributed by atoms with Crippen molar-refractivity contribution in [1.29, 1.82) is 0 Å². The molecule has 0 spiro atoms. The van der Waals surface area contributed by atoms with Gasteiger partial charge in [0.05, 0.1) is 21.1 Å². The van der Waals surface area contributed by atoms with Gasteiger partial charge in [0.25, 0.3) is 10.0 Å². The van der Waals surface area contributed by atoms with Crippen LogP contribution < -0.4 is 0 Å². The molecule has 0 aromatic carbocycles. The summed E-state index contributed by atoms with van der Waals surface area (Å²) in [6.07, 6.45) is 3.65. The number of hydrogen-bond donors (Lipinski definition) is 0. The molecule has 0 radical (unpaired) electrons. The second kappa shape index (κ2) is 6.70. The summed E-state index contributed by atoms with van der Waals surface area (Å²) in [5.74, 6) is 0. The average molecular weight is 470 g/mol. The van der Waals surface area contributed by atoms with Crippen LogP contribution in [0, 0.1) is 0 Å². The van der Waals surface area contributed by atoms with Crippen LogP contribution in [0.25, 0.3) is 0 Å². The third-order valence-electron chi connectivity index (χ3n) is 3.42. The Bertz CT molecular complexity index is 751. The molecule has 6 nitrogen and oxygen atoms in total. The Balaban J connectivity index is 1.61. The van der Waals surface area contributed by atoms with Gasteiger partial charge in [0.1, 0.15) is 4.21 Å². The van der Waals surface area contributed by atoms with Gasteiger partial charge in [0, 0.05) is 32.4 Å². The zero-order valence-electron chi connectivity index (χ0n) is 11.5. The lowest BCUT2D eigenvalue weighted by Crippen LogP contribution is -2.48. The molecule has 0 N–H and O–H groups in total. The molecule has 0 amide bonds. The van der Waals surface area contributed by atoms with Crippen LogP contribution in [0.15, 0.2) is 37.0 Å². The zero-order valence-corrected chi connectivity index (χ0v) is 16.3. The van der Waals surface area contributed by atoms with Crippen molar-refractivity contribution < 1.29 is 8.42 Å². The van der Waals surface area contributed by atoms with Crippen LogP contribution in [0.1, 0.15) is 0 Å². The fraction of sp³-hybridized carbons (Fsp3) is 0.417.